The first-order valence-corrected chi connectivity index (χ1v) is 12.2. The summed E-state index contributed by atoms with van der Waals surface area (Å²) in [6.07, 6.45) is 1.48. The van der Waals surface area contributed by atoms with E-state index >= 15 is 0 Å². The van der Waals surface area contributed by atoms with Crippen molar-refractivity contribution in [2.45, 2.75) is 60.0 Å². The van der Waals surface area contributed by atoms with Gasteiger partial charge in [-0.2, -0.15) is 0 Å². The van der Waals surface area contributed by atoms with Crippen molar-refractivity contribution in [3.05, 3.63) is 64.7 Å². The molecule has 7 heteroatoms. The van der Waals surface area contributed by atoms with Gasteiger partial charge in [0.1, 0.15) is 11.6 Å². The van der Waals surface area contributed by atoms with Crippen LogP contribution in [0.5, 0.6) is 5.75 Å². The molecule has 0 saturated carbocycles. The van der Waals surface area contributed by atoms with Crippen LogP contribution in [0.15, 0.2) is 53.3 Å². The van der Waals surface area contributed by atoms with Crippen molar-refractivity contribution < 1.29 is 9.53 Å². The third-order valence-corrected chi connectivity index (χ3v) is 5.89. The molecule has 7 nitrogen and oxygen atoms in total. The van der Waals surface area contributed by atoms with Gasteiger partial charge in [0.2, 0.25) is 0 Å². The Bertz CT molecular complexity index is 1150. The van der Waals surface area contributed by atoms with E-state index in [2.05, 4.69) is 19.2 Å². The van der Waals surface area contributed by atoms with E-state index in [-0.39, 0.29) is 17.6 Å². The van der Waals surface area contributed by atoms with Crippen LogP contribution in [0.4, 0.5) is 10.5 Å². The van der Waals surface area contributed by atoms with Crippen LogP contribution in [0.2, 0.25) is 0 Å². The fourth-order valence-corrected chi connectivity index (χ4v) is 4.08. The Labute approximate surface area is 201 Å². The molecule has 1 aromatic heterocycles. The molecule has 3 aromatic rings. The van der Waals surface area contributed by atoms with E-state index in [1.807, 2.05) is 68.1 Å². The molecule has 0 aliphatic heterocycles. The number of aromatic nitrogens is 2. The van der Waals surface area contributed by atoms with E-state index in [1.54, 1.807) is 10.6 Å². The molecular formula is C27H36N4O3. The second-order valence-corrected chi connectivity index (χ2v) is 8.72. The predicted octanol–water partition coefficient (Wildman–Crippen LogP) is 5.85. The second kappa shape index (κ2) is 11.7. The van der Waals surface area contributed by atoms with Crippen molar-refractivity contribution in [3.8, 4) is 5.75 Å². The molecule has 0 radical (unpaired) electrons. The Hall–Kier alpha value is -3.35. The number of amides is 2. The smallest absolute Gasteiger partial charge is 0.322 e. The van der Waals surface area contributed by atoms with Crippen LogP contribution in [-0.4, -0.2) is 33.6 Å². The zero-order valence-electron chi connectivity index (χ0n) is 20.9. The minimum atomic E-state index is -0.335. The number of nitrogens with one attached hydrogen (secondary N) is 1. The van der Waals surface area contributed by atoms with E-state index in [4.69, 9.17) is 9.72 Å². The first-order valence-electron chi connectivity index (χ1n) is 12.2. The van der Waals surface area contributed by atoms with E-state index in [9.17, 15) is 9.59 Å². The molecule has 1 unspecified atom stereocenters. The predicted molar refractivity (Wildman–Crippen MR) is 137 cm³/mol. The van der Waals surface area contributed by atoms with Gasteiger partial charge in [-0.25, -0.2) is 9.78 Å². The molecule has 2 aromatic carbocycles. The fourth-order valence-electron chi connectivity index (χ4n) is 4.08. The topological polar surface area (TPSA) is 76.5 Å². The molecule has 1 N–H and O–H groups in total. The number of anilines is 1. The highest BCUT2D eigenvalue weighted by Gasteiger charge is 2.28. The third kappa shape index (κ3) is 5.76. The Morgan fingerprint density at radius 3 is 2.41 bits per heavy atom. The standard InChI is InChI=1S/C27H36N4O3/c1-6-24(25-29-23-12-10-9-11-22(23)26(32)30(25)7-2)31(18-17-19(4)5)27(33)28-20-13-15-21(16-14-20)34-8-3/h9-16,19,24H,6-8,17-18H2,1-5H3,(H,28,33). The maximum absolute atomic E-state index is 13.5. The number of carbonyl (C=O) groups is 1. The summed E-state index contributed by atoms with van der Waals surface area (Å²) in [7, 11) is 0. The van der Waals surface area contributed by atoms with Gasteiger partial charge < -0.3 is 15.0 Å². The van der Waals surface area contributed by atoms with Crippen LogP contribution in [0.25, 0.3) is 10.9 Å². The molecule has 0 spiro atoms. The van der Waals surface area contributed by atoms with Crippen molar-refractivity contribution in [2.75, 3.05) is 18.5 Å². The first kappa shape index (κ1) is 25.3. The van der Waals surface area contributed by atoms with Gasteiger partial charge in [-0.15, -0.1) is 0 Å². The molecule has 1 atom stereocenters. The van der Waals surface area contributed by atoms with Crippen LogP contribution >= 0.6 is 0 Å². The number of benzene rings is 2. The van der Waals surface area contributed by atoms with Gasteiger partial charge in [-0.05, 0) is 69.0 Å². The quantitative estimate of drug-likeness (QED) is 0.408. The van der Waals surface area contributed by atoms with Crippen molar-refractivity contribution in [3.63, 3.8) is 0 Å². The van der Waals surface area contributed by atoms with Crippen molar-refractivity contribution >= 4 is 22.6 Å². The Kier molecular flexibility index (Phi) is 8.68. The van der Waals surface area contributed by atoms with Crippen LogP contribution < -0.4 is 15.6 Å². The number of rotatable bonds is 10. The highest BCUT2D eigenvalue weighted by atomic mass is 16.5. The SMILES string of the molecule is CCOc1ccc(NC(=O)N(CCC(C)C)C(CC)c2nc3ccccc3c(=O)n2CC)cc1. The molecule has 3 rings (SSSR count). The summed E-state index contributed by atoms with van der Waals surface area (Å²) in [5, 5.41) is 3.62. The van der Waals surface area contributed by atoms with Crippen LogP contribution in [-0.2, 0) is 6.54 Å². The summed E-state index contributed by atoms with van der Waals surface area (Å²) < 4.78 is 7.20. The summed E-state index contributed by atoms with van der Waals surface area (Å²) in [4.78, 5) is 33.4. The minimum absolute atomic E-state index is 0.0720. The Morgan fingerprint density at radius 1 is 1.09 bits per heavy atom. The zero-order valence-corrected chi connectivity index (χ0v) is 20.9. The van der Waals surface area contributed by atoms with E-state index in [1.165, 1.54) is 0 Å². The van der Waals surface area contributed by atoms with Crippen molar-refractivity contribution in [1.82, 2.24) is 14.5 Å². The fraction of sp³-hybridized carbons (Fsp3) is 0.444. The minimum Gasteiger partial charge on any atom is -0.494 e. The maximum atomic E-state index is 13.5. The lowest BCUT2D eigenvalue weighted by Gasteiger charge is -2.32. The third-order valence-electron chi connectivity index (χ3n) is 5.89. The molecule has 182 valence electrons. The molecule has 0 aliphatic rings. The maximum Gasteiger partial charge on any atom is 0.322 e. The largest absolute Gasteiger partial charge is 0.494 e. The van der Waals surface area contributed by atoms with Gasteiger partial charge in [0.25, 0.3) is 5.56 Å². The van der Waals surface area contributed by atoms with Gasteiger partial charge >= 0.3 is 6.03 Å². The number of fused-ring (bicyclic) bond motifs is 1. The Morgan fingerprint density at radius 2 is 1.79 bits per heavy atom. The van der Waals surface area contributed by atoms with E-state index in [0.29, 0.717) is 54.4 Å². The average molecular weight is 465 g/mol. The molecule has 34 heavy (non-hydrogen) atoms. The van der Waals surface area contributed by atoms with Crippen molar-refractivity contribution in [2.24, 2.45) is 5.92 Å². The van der Waals surface area contributed by atoms with Crippen molar-refractivity contribution in [1.29, 1.82) is 0 Å². The summed E-state index contributed by atoms with van der Waals surface area (Å²) >= 11 is 0. The van der Waals surface area contributed by atoms with Crippen LogP contribution in [0, 0.1) is 5.92 Å². The summed E-state index contributed by atoms with van der Waals surface area (Å²) in [5.41, 5.74) is 1.27. The van der Waals surface area contributed by atoms with Gasteiger partial charge in [0.05, 0.1) is 23.6 Å². The number of hydrogen-bond donors (Lipinski definition) is 1. The second-order valence-electron chi connectivity index (χ2n) is 8.72. The number of para-hydroxylation sites is 1. The lowest BCUT2D eigenvalue weighted by molar-refractivity contribution is 0.175. The first-order chi connectivity index (χ1) is 16.4. The lowest BCUT2D eigenvalue weighted by atomic mass is 10.1. The molecule has 2 amide bonds. The summed E-state index contributed by atoms with van der Waals surface area (Å²) in [6.45, 7) is 11.8. The molecular weight excluding hydrogens is 428 g/mol. The number of ether oxygens (including phenoxy) is 1. The van der Waals surface area contributed by atoms with Gasteiger partial charge in [-0.3, -0.25) is 9.36 Å². The van der Waals surface area contributed by atoms with Crippen LogP contribution in [0.1, 0.15) is 59.3 Å². The van der Waals surface area contributed by atoms with Crippen LogP contribution in [0.3, 0.4) is 0 Å². The highest BCUT2D eigenvalue weighted by molar-refractivity contribution is 5.89. The average Bonchev–Trinajstić information content (AvgIpc) is 2.83. The summed E-state index contributed by atoms with van der Waals surface area (Å²) in [6, 6.07) is 14.2. The van der Waals surface area contributed by atoms with E-state index < -0.39 is 0 Å². The zero-order chi connectivity index (χ0) is 24.7. The van der Waals surface area contributed by atoms with Gasteiger partial charge in [0, 0.05) is 18.8 Å². The van der Waals surface area contributed by atoms with Gasteiger partial charge in [0.15, 0.2) is 0 Å². The number of urea groups is 1. The normalized spacial score (nSPS) is 12.1. The molecule has 1 heterocycles. The molecule has 0 fully saturated rings. The monoisotopic (exact) mass is 464 g/mol. The summed E-state index contributed by atoms with van der Waals surface area (Å²) in [5.74, 6) is 1.81. The molecule has 0 aliphatic carbocycles. The lowest BCUT2D eigenvalue weighted by Crippen LogP contribution is -2.41. The molecule has 0 saturated heterocycles. The molecule has 0 bridgehead atoms. The van der Waals surface area contributed by atoms with Gasteiger partial charge in [-0.1, -0.05) is 32.9 Å². The highest BCUT2D eigenvalue weighted by Crippen LogP contribution is 2.26. The number of carbonyl (C=O) groups excluding carboxylic acids is 1. The number of hydrogen-bond acceptors (Lipinski definition) is 4. The number of nitrogens with zero attached hydrogens (tertiary/aromatic N) is 3. The van der Waals surface area contributed by atoms with E-state index in [0.717, 1.165) is 12.2 Å². The Balaban J connectivity index is 1.99.